The number of sulfonamides is 1. The van der Waals surface area contributed by atoms with E-state index in [0.29, 0.717) is 28.5 Å². The Balaban J connectivity index is 1.80. The monoisotopic (exact) mass is 416 g/mol. The normalized spacial score (nSPS) is 11.9. The zero-order valence-electron chi connectivity index (χ0n) is 15.8. The molecule has 0 atom stereocenters. The number of aromatic nitrogens is 2. The van der Waals surface area contributed by atoms with E-state index in [1.807, 2.05) is 43.3 Å². The molecule has 2 aromatic carbocycles. The predicted octanol–water partition coefficient (Wildman–Crippen LogP) is 3.82. The third-order valence-electron chi connectivity index (χ3n) is 4.28. The van der Waals surface area contributed by atoms with Crippen molar-refractivity contribution in [2.24, 2.45) is 5.10 Å². The van der Waals surface area contributed by atoms with E-state index in [0.717, 1.165) is 11.1 Å². The molecule has 3 aromatic rings. The van der Waals surface area contributed by atoms with Crippen molar-refractivity contribution < 1.29 is 8.42 Å². The van der Waals surface area contributed by atoms with Crippen LogP contribution in [-0.2, 0) is 16.6 Å². The summed E-state index contributed by atoms with van der Waals surface area (Å²) in [7, 11) is -3.77. The summed E-state index contributed by atoms with van der Waals surface area (Å²) in [5, 5.41) is 8.72. The number of rotatable bonds is 6. The number of aryl methyl sites for hydroxylation is 3. The van der Waals surface area contributed by atoms with Gasteiger partial charge in [-0.1, -0.05) is 54.1 Å². The Bertz CT molecular complexity index is 1120. The Labute approximate surface area is 169 Å². The van der Waals surface area contributed by atoms with Gasteiger partial charge in [-0.05, 0) is 43.5 Å². The number of hydrogen-bond acceptors (Lipinski definition) is 4. The number of benzene rings is 2. The van der Waals surface area contributed by atoms with E-state index in [1.54, 1.807) is 30.7 Å². The van der Waals surface area contributed by atoms with Crippen LogP contribution in [0.15, 0.2) is 58.5 Å². The van der Waals surface area contributed by atoms with E-state index < -0.39 is 10.0 Å². The fourth-order valence-corrected chi connectivity index (χ4v) is 4.19. The van der Waals surface area contributed by atoms with Gasteiger partial charge in [-0.3, -0.25) is 0 Å². The van der Waals surface area contributed by atoms with Gasteiger partial charge in [0, 0.05) is 0 Å². The van der Waals surface area contributed by atoms with Gasteiger partial charge in [0.2, 0.25) is 0 Å². The lowest BCUT2D eigenvalue weighted by molar-refractivity contribution is 0.584. The maximum Gasteiger partial charge on any atom is 0.276 e. The number of hydrogen-bond donors (Lipinski definition) is 1. The highest BCUT2D eigenvalue weighted by Gasteiger charge is 2.17. The second-order valence-electron chi connectivity index (χ2n) is 6.56. The van der Waals surface area contributed by atoms with Crippen molar-refractivity contribution in [1.29, 1.82) is 0 Å². The fourth-order valence-electron chi connectivity index (χ4n) is 2.78. The van der Waals surface area contributed by atoms with Gasteiger partial charge >= 0.3 is 0 Å². The van der Waals surface area contributed by atoms with Gasteiger partial charge in [-0.2, -0.15) is 18.6 Å². The Kier molecular flexibility index (Phi) is 5.86. The number of hydrazone groups is 1. The molecule has 146 valence electrons. The van der Waals surface area contributed by atoms with Crippen molar-refractivity contribution in [1.82, 2.24) is 14.6 Å². The molecule has 0 saturated heterocycles. The average molecular weight is 417 g/mol. The molecule has 1 aromatic heterocycles. The first-order chi connectivity index (χ1) is 13.3. The molecule has 0 saturated carbocycles. The topological polar surface area (TPSA) is 76.3 Å². The van der Waals surface area contributed by atoms with Crippen LogP contribution < -0.4 is 4.83 Å². The van der Waals surface area contributed by atoms with E-state index in [1.165, 1.54) is 6.21 Å². The summed E-state index contributed by atoms with van der Waals surface area (Å²) >= 11 is 6.42. The molecular weight excluding hydrogens is 396 g/mol. The van der Waals surface area contributed by atoms with Gasteiger partial charge in [0.15, 0.2) is 0 Å². The van der Waals surface area contributed by atoms with Crippen molar-refractivity contribution in [3.8, 4) is 0 Å². The molecule has 0 aliphatic rings. The molecule has 0 fully saturated rings. The lowest BCUT2D eigenvalue weighted by Gasteiger charge is -2.07. The molecule has 28 heavy (non-hydrogen) atoms. The van der Waals surface area contributed by atoms with Crippen molar-refractivity contribution in [2.45, 2.75) is 32.2 Å². The van der Waals surface area contributed by atoms with Crippen LogP contribution in [0.3, 0.4) is 0 Å². The van der Waals surface area contributed by atoms with Crippen molar-refractivity contribution in [3.63, 3.8) is 0 Å². The quantitative estimate of drug-likeness (QED) is 0.490. The molecule has 0 unspecified atom stereocenters. The van der Waals surface area contributed by atoms with E-state index in [2.05, 4.69) is 15.0 Å². The lowest BCUT2D eigenvalue weighted by Crippen LogP contribution is -2.19. The third kappa shape index (κ3) is 4.43. The van der Waals surface area contributed by atoms with Crippen LogP contribution in [-0.4, -0.2) is 24.4 Å². The summed E-state index contributed by atoms with van der Waals surface area (Å²) in [6, 6.07) is 15.1. The van der Waals surface area contributed by atoms with Crippen LogP contribution >= 0.6 is 11.6 Å². The van der Waals surface area contributed by atoms with E-state index in [9.17, 15) is 8.42 Å². The van der Waals surface area contributed by atoms with Gasteiger partial charge in [0.05, 0.1) is 28.9 Å². The Morgan fingerprint density at radius 2 is 1.86 bits per heavy atom. The molecule has 6 nitrogen and oxygen atoms in total. The fraction of sp³-hybridized carbons (Fsp3) is 0.200. The zero-order valence-corrected chi connectivity index (χ0v) is 17.4. The summed E-state index contributed by atoms with van der Waals surface area (Å²) in [6.07, 6.45) is 1.38. The molecule has 1 heterocycles. The van der Waals surface area contributed by atoms with Gasteiger partial charge < -0.3 is 0 Å². The molecule has 0 amide bonds. The standard InChI is InChI=1S/C20H21ClN4O2S/c1-14-9-10-15(2)19(11-14)28(26,27)24-22-12-18-16(3)23-25(20(18)21)13-17-7-5-4-6-8-17/h4-12,24H,13H2,1-3H3. The van der Waals surface area contributed by atoms with E-state index in [-0.39, 0.29) is 4.90 Å². The Hall–Kier alpha value is -2.64. The third-order valence-corrected chi connectivity index (χ3v) is 6.05. The maximum atomic E-state index is 12.5. The summed E-state index contributed by atoms with van der Waals surface area (Å²) in [5.41, 5.74) is 3.80. The molecule has 0 aliphatic heterocycles. The first kappa shape index (κ1) is 20.1. The number of nitrogens with zero attached hydrogens (tertiary/aromatic N) is 3. The molecule has 0 spiro atoms. The first-order valence-corrected chi connectivity index (χ1v) is 10.5. The van der Waals surface area contributed by atoms with Gasteiger partial charge in [0.1, 0.15) is 5.15 Å². The maximum absolute atomic E-state index is 12.5. The van der Waals surface area contributed by atoms with Crippen LogP contribution in [0.25, 0.3) is 0 Å². The Morgan fingerprint density at radius 3 is 2.57 bits per heavy atom. The van der Waals surface area contributed by atoms with Crippen LogP contribution in [0.2, 0.25) is 5.15 Å². The van der Waals surface area contributed by atoms with Crippen LogP contribution in [0.5, 0.6) is 0 Å². The van der Waals surface area contributed by atoms with Crippen LogP contribution in [0.1, 0.15) is 27.9 Å². The molecular formula is C20H21ClN4O2S. The highest BCUT2D eigenvalue weighted by Crippen LogP contribution is 2.20. The second-order valence-corrected chi connectivity index (χ2v) is 8.54. The molecule has 1 N–H and O–H groups in total. The SMILES string of the molecule is Cc1ccc(C)c(S(=O)(=O)NN=Cc2c(C)nn(Cc3ccccc3)c2Cl)c1. The minimum atomic E-state index is -3.77. The molecule has 3 rings (SSSR count). The summed E-state index contributed by atoms with van der Waals surface area (Å²) in [5.74, 6) is 0. The second kappa shape index (κ2) is 8.16. The van der Waals surface area contributed by atoms with Crippen LogP contribution in [0, 0.1) is 20.8 Å². The van der Waals surface area contributed by atoms with Crippen molar-refractivity contribution in [3.05, 3.63) is 81.6 Å². The van der Waals surface area contributed by atoms with Gasteiger partial charge in [-0.25, -0.2) is 9.51 Å². The van der Waals surface area contributed by atoms with E-state index in [4.69, 9.17) is 11.6 Å². The Morgan fingerprint density at radius 1 is 1.14 bits per heavy atom. The molecule has 0 bridgehead atoms. The highest BCUT2D eigenvalue weighted by molar-refractivity contribution is 7.89. The predicted molar refractivity (Wildman–Crippen MR) is 111 cm³/mol. The smallest absolute Gasteiger partial charge is 0.249 e. The zero-order chi connectivity index (χ0) is 20.3. The first-order valence-electron chi connectivity index (χ1n) is 8.67. The molecule has 0 radical (unpaired) electrons. The number of nitrogens with one attached hydrogen (secondary N) is 1. The molecule has 8 heteroatoms. The van der Waals surface area contributed by atoms with Crippen molar-refractivity contribution in [2.75, 3.05) is 0 Å². The minimum Gasteiger partial charge on any atom is -0.249 e. The van der Waals surface area contributed by atoms with Gasteiger partial charge in [0.25, 0.3) is 10.0 Å². The highest BCUT2D eigenvalue weighted by atomic mass is 35.5. The van der Waals surface area contributed by atoms with Crippen molar-refractivity contribution >= 4 is 27.8 Å². The average Bonchev–Trinajstić information content (AvgIpc) is 2.91. The minimum absolute atomic E-state index is 0.201. The van der Waals surface area contributed by atoms with Gasteiger partial charge in [-0.15, -0.1) is 0 Å². The summed E-state index contributed by atoms with van der Waals surface area (Å²) in [6.45, 7) is 5.90. The largest absolute Gasteiger partial charge is 0.276 e. The summed E-state index contributed by atoms with van der Waals surface area (Å²) in [4.78, 5) is 2.45. The lowest BCUT2D eigenvalue weighted by atomic mass is 10.2. The summed E-state index contributed by atoms with van der Waals surface area (Å²) < 4.78 is 26.7. The number of halogens is 1. The van der Waals surface area contributed by atoms with E-state index >= 15 is 0 Å². The van der Waals surface area contributed by atoms with Crippen LogP contribution in [0.4, 0.5) is 0 Å². The molecule has 0 aliphatic carbocycles.